The summed E-state index contributed by atoms with van der Waals surface area (Å²) in [6.45, 7) is 0. The molecular formula is C18H19NO4S. The average molecular weight is 345 g/mol. The van der Waals surface area contributed by atoms with Gasteiger partial charge in [0.2, 0.25) is 5.91 Å². The van der Waals surface area contributed by atoms with Crippen molar-refractivity contribution in [3.63, 3.8) is 0 Å². The van der Waals surface area contributed by atoms with Gasteiger partial charge in [-0.3, -0.25) is 4.79 Å². The highest BCUT2D eigenvalue weighted by molar-refractivity contribution is 7.17. The number of aryl methyl sites for hydroxylation is 1. The minimum Gasteiger partial charge on any atom is -0.497 e. The minimum absolute atomic E-state index is 0.200. The summed E-state index contributed by atoms with van der Waals surface area (Å²) in [4.78, 5) is 25.0. The number of hydrogen-bond donors (Lipinski definition) is 2. The van der Waals surface area contributed by atoms with Gasteiger partial charge in [-0.05, 0) is 48.9 Å². The quantitative estimate of drug-likeness (QED) is 0.869. The Labute approximate surface area is 144 Å². The van der Waals surface area contributed by atoms with Gasteiger partial charge in [-0.15, -0.1) is 11.3 Å². The van der Waals surface area contributed by atoms with Gasteiger partial charge in [-0.25, -0.2) is 4.79 Å². The Hall–Kier alpha value is -2.34. The molecule has 2 N–H and O–H groups in total. The molecule has 1 heterocycles. The summed E-state index contributed by atoms with van der Waals surface area (Å²) in [7, 11) is 1.59. The van der Waals surface area contributed by atoms with Crippen LogP contribution in [0, 0.1) is 0 Å². The molecule has 0 atom stereocenters. The van der Waals surface area contributed by atoms with E-state index in [9.17, 15) is 14.7 Å². The number of ether oxygens (including phenoxy) is 1. The standard InChI is InChI=1S/C18H19NO4S/c1-23-12-8-6-11(7-9-12)10-15(20)19-17-16(18(21)22)13-4-2-3-5-14(13)24-17/h6-9H,2-5,10H2,1H3,(H,19,20)(H,21,22). The lowest BCUT2D eigenvalue weighted by atomic mass is 9.95. The smallest absolute Gasteiger partial charge is 0.339 e. The number of fused-ring (bicyclic) bond motifs is 1. The summed E-state index contributed by atoms with van der Waals surface area (Å²) in [6, 6.07) is 7.26. The topological polar surface area (TPSA) is 75.6 Å². The molecule has 126 valence electrons. The first-order valence-corrected chi connectivity index (χ1v) is 8.70. The Balaban J connectivity index is 1.76. The Bertz CT molecular complexity index is 764. The molecule has 1 amide bonds. The third-order valence-corrected chi connectivity index (χ3v) is 5.37. The molecule has 6 heteroatoms. The van der Waals surface area contributed by atoms with E-state index in [0.29, 0.717) is 5.00 Å². The van der Waals surface area contributed by atoms with Crippen molar-refractivity contribution in [2.24, 2.45) is 0 Å². The van der Waals surface area contributed by atoms with Gasteiger partial charge >= 0.3 is 5.97 Å². The van der Waals surface area contributed by atoms with E-state index < -0.39 is 5.97 Å². The number of carbonyl (C=O) groups is 2. The summed E-state index contributed by atoms with van der Waals surface area (Å²) in [5.41, 5.74) is 2.03. The van der Waals surface area contributed by atoms with Crippen LogP contribution >= 0.6 is 11.3 Å². The predicted octanol–water partition coefficient (Wildman–Crippen LogP) is 3.51. The van der Waals surface area contributed by atoms with E-state index in [4.69, 9.17) is 4.74 Å². The first kappa shape index (κ1) is 16.5. The monoisotopic (exact) mass is 345 g/mol. The third kappa shape index (κ3) is 3.43. The van der Waals surface area contributed by atoms with Crippen molar-refractivity contribution in [3.8, 4) is 5.75 Å². The highest BCUT2D eigenvalue weighted by Crippen LogP contribution is 2.38. The number of amides is 1. The zero-order valence-corrected chi connectivity index (χ0v) is 14.2. The molecule has 0 fully saturated rings. The van der Waals surface area contributed by atoms with Crippen LogP contribution in [0.5, 0.6) is 5.75 Å². The van der Waals surface area contributed by atoms with Crippen molar-refractivity contribution in [2.45, 2.75) is 32.1 Å². The molecule has 0 saturated heterocycles. The Morgan fingerprint density at radius 1 is 1.21 bits per heavy atom. The number of carboxylic acids is 1. The van der Waals surface area contributed by atoms with Crippen LogP contribution in [0.3, 0.4) is 0 Å². The average Bonchev–Trinajstić information content (AvgIpc) is 2.93. The zero-order valence-electron chi connectivity index (χ0n) is 13.4. The lowest BCUT2D eigenvalue weighted by Gasteiger charge is -2.10. The minimum atomic E-state index is -0.964. The molecule has 0 bridgehead atoms. The Kier molecular flexibility index (Phi) is 4.85. The van der Waals surface area contributed by atoms with Crippen molar-refractivity contribution in [3.05, 3.63) is 45.8 Å². The molecule has 3 rings (SSSR count). The number of benzene rings is 1. The predicted molar refractivity (Wildman–Crippen MR) is 93.2 cm³/mol. The van der Waals surface area contributed by atoms with E-state index in [2.05, 4.69) is 5.32 Å². The molecule has 2 aromatic rings. The van der Waals surface area contributed by atoms with Gasteiger partial charge in [-0.1, -0.05) is 12.1 Å². The number of carboxylic acid groups (broad SMARTS) is 1. The maximum atomic E-state index is 12.3. The third-order valence-electron chi connectivity index (χ3n) is 4.16. The maximum Gasteiger partial charge on any atom is 0.339 e. The fourth-order valence-electron chi connectivity index (χ4n) is 2.98. The molecular weight excluding hydrogens is 326 g/mol. The first-order valence-electron chi connectivity index (χ1n) is 7.89. The van der Waals surface area contributed by atoms with Gasteiger partial charge in [0.15, 0.2) is 0 Å². The molecule has 0 spiro atoms. The van der Waals surface area contributed by atoms with Crippen LogP contribution in [0.15, 0.2) is 24.3 Å². The molecule has 1 aromatic carbocycles. The summed E-state index contributed by atoms with van der Waals surface area (Å²) in [6.07, 6.45) is 3.96. The van der Waals surface area contributed by atoms with Gasteiger partial charge in [0, 0.05) is 4.88 Å². The highest BCUT2D eigenvalue weighted by atomic mass is 32.1. The summed E-state index contributed by atoms with van der Waals surface area (Å²) in [5, 5.41) is 12.8. The van der Waals surface area contributed by atoms with Crippen LogP contribution in [-0.4, -0.2) is 24.1 Å². The molecule has 1 aliphatic rings. The SMILES string of the molecule is COc1ccc(CC(=O)Nc2sc3c(c2C(=O)O)CCCC3)cc1. The Morgan fingerprint density at radius 3 is 2.58 bits per heavy atom. The molecule has 1 aromatic heterocycles. The normalized spacial score (nSPS) is 13.2. The van der Waals surface area contributed by atoms with E-state index in [1.165, 1.54) is 11.3 Å². The van der Waals surface area contributed by atoms with Crippen molar-refractivity contribution in [1.82, 2.24) is 0 Å². The van der Waals surface area contributed by atoms with Crippen molar-refractivity contribution < 1.29 is 19.4 Å². The van der Waals surface area contributed by atoms with E-state index in [0.717, 1.165) is 47.4 Å². The highest BCUT2D eigenvalue weighted by Gasteiger charge is 2.25. The number of thiophene rings is 1. The van der Waals surface area contributed by atoms with Crippen LogP contribution in [0.4, 0.5) is 5.00 Å². The van der Waals surface area contributed by atoms with Crippen LogP contribution in [0.2, 0.25) is 0 Å². The van der Waals surface area contributed by atoms with Crippen molar-refractivity contribution in [1.29, 1.82) is 0 Å². The van der Waals surface area contributed by atoms with E-state index in [1.54, 1.807) is 19.2 Å². The van der Waals surface area contributed by atoms with Crippen molar-refractivity contribution in [2.75, 3.05) is 12.4 Å². The molecule has 1 aliphatic carbocycles. The van der Waals surface area contributed by atoms with Crippen LogP contribution in [0.1, 0.15) is 39.2 Å². The van der Waals surface area contributed by atoms with Crippen LogP contribution in [0.25, 0.3) is 0 Å². The van der Waals surface area contributed by atoms with Gasteiger partial charge in [0.1, 0.15) is 10.8 Å². The van der Waals surface area contributed by atoms with Gasteiger partial charge in [0.05, 0.1) is 19.1 Å². The second-order valence-electron chi connectivity index (χ2n) is 5.79. The largest absolute Gasteiger partial charge is 0.497 e. The molecule has 0 aliphatic heterocycles. The summed E-state index contributed by atoms with van der Waals surface area (Å²) < 4.78 is 5.09. The zero-order chi connectivity index (χ0) is 17.1. The number of carbonyl (C=O) groups excluding carboxylic acids is 1. The number of rotatable bonds is 5. The van der Waals surface area contributed by atoms with Crippen LogP contribution < -0.4 is 10.1 Å². The van der Waals surface area contributed by atoms with E-state index >= 15 is 0 Å². The molecule has 0 radical (unpaired) electrons. The molecule has 0 saturated carbocycles. The van der Waals surface area contributed by atoms with Crippen molar-refractivity contribution >= 4 is 28.2 Å². The first-order chi connectivity index (χ1) is 11.6. The number of anilines is 1. The van der Waals surface area contributed by atoms with E-state index in [-0.39, 0.29) is 17.9 Å². The fourth-order valence-corrected chi connectivity index (χ4v) is 4.28. The number of nitrogens with one attached hydrogen (secondary N) is 1. The lowest BCUT2D eigenvalue weighted by Crippen LogP contribution is -2.16. The summed E-state index contributed by atoms with van der Waals surface area (Å²) >= 11 is 1.40. The number of methoxy groups -OCH3 is 1. The van der Waals surface area contributed by atoms with Gasteiger partial charge in [-0.2, -0.15) is 0 Å². The Morgan fingerprint density at radius 2 is 1.92 bits per heavy atom. The number of hydrogen-bond acceptors (Lipinski definition) is 4. The van der Waals surface area contributed by atoms with Gasteiger partial charge in [0.25, 0.3) is 0 Å². The second-order valence-corrected chi connectivity index (χ2v) is 6.90. The van der Waals surface area contributed by atoms with E-state index in [1.807, 2.05) is 12.1 Å². The molecule has 5 nitrogen and oxygen atoms in total. The molecule has 0 unspecified atom stereocenters. The lowest BCUT2D eigenvalue weighted by molar-refractivity contribution is -0.115. The fraction of sp³-hybridized carbons (Fsp3) is 0.333. The molecule has 24 heavy (non-hydrogen) atoms. The van der Waals surface area contributed by atoms with Gasteiger partial charge < -0.3 is 15.2 Å². The number of aromatic carboxylic acids is 1. The second kappa shape index (κ2) is 7.05. The van der Waals surface area contributed by atoms with Crippen LogP contribution in [-0.2, 0) is 24.1 Å². The maximum absolute atomic E-state index is 12.3. The summed E-state index contributed by atoms with van der Waals surface area (Å²) in [5.74, 6) is -0.436.